The van der Waals surface area contributed by atoms with Crippen LogP contribution >= 0.6 is 0 Å². The SMILES string of the molecule is CCN(CC)C(C)Oc1cc(C(=O)N=C(N)N)c(C)c2ccc(OC)cc12. The minimum Gasteiger partial charge on any atom is -0.497 e. The molecule has 146 valence electrons. The van der Waals surface area contributed by atoms with Gasteiger partial charge in [-0.1, -0.05) is 19.9 Å². The van der Waals surface area contributed by atoms with Crippen molar-refractivity contribution in [3.05, 3.63) is 35.4 Å². The number of nitrogens with two attached hydrogens (primary N) is 2. The van der Waals surface area contributed by atoms with E-state index < -0.39 is 5.91 Å². The Labute approximate surface area is 159 Å². The number of methoxy groups -OCH3 is 1. The van der Waals surface area contributed by atoms with Crippen LogP contribution in [0, 0.1) is 6.92 Å². The number of benzene rings is 2. The van der Waals surface area contributed by atoms with Gasteiger partial charge in [-0.3, -0.25) is 9.69 Å². The van der Waals surface area contributed by atoms with Crippen LogP contribution in [0.15, 0.2) is 29.3 Å². The number of amides is 1. The Bertz CT molecular complexity index is 856. The highest BCUT2D eigenvalue weighted by atomic mass is 16.5. The highest BCUT2D eigenvalue weighted by Gasteiger charge is 2.19. The molecular formula is C20H28N4O3. The number of nitrogens with zero attached hydrogens (tertiary/aromatic N) is 2. The monoisotopic (exact) mass is 372 g/mol. The van der Waals surface area contributed by atoms with Crippen molar-refractivity contribution in [1.29, 1.82) is 0 Å². The van der Waals surface area contributed by atoms with Crippen molar-refractivity contribution in [2.75, 3.05) is 20.2 Å². The van der Waals surface area contributed by atoms with E-state index in [4.69, 9.17) is 20.9 Å². The summed E-state index contributed by atoms with van der Waals surface area (Å²) >= 11 is 0. The molecule has 0 heterocycles. The zero-order chi connectivity index (χ0) is 20.1. The quantitative estimate of drug-likeness (QED) is 0.440. The Morgan fingerprint density at radius 1 is 1.19 bits per heavy atom. The Kier molecular flexibility index (Phi) is 6.63. The number of hydrogen-bond donors (Lipinski definition) is 2. The van der Waals surface area contributed by atoms with Crippen LogP contribution in [0.1, 0.15) is 36.7 Å². The summed E-state index contributed by atoms with van der Waals surface area (Å²) in [4.78, 5) is 18.3. The summed E-state index contributed by atoms with van der Waals surface area (Å²) in [5, 5.41) is 1.75. The highest BCUT2D eigenvalue weighted by Crippen LogP contribution is 2.35. The number of aliphatic imine (C=N–C) groups is 1. The largest absolute Gasteiger partial charge is 0.497 e. The van der Waals surface area contributed by atoms with E-state index in [1.165, 1.54) is 0 Å². The molecule has 1 unspecified atom stereocenters. The third kappa shape index (κ3) is 4.49. The molecule has 0 aliphatic heterocycles. The molecular weight excluding hydrogens is 344 g/mol. The molecule has 2 aromatic carbocycles. The number of carbonyl (C=O) groups excluding carboxylic acids is 1. The summed E-state index contributed by atoms with van der Waals surface area (Å²) in [6, 6.07) is 7.36. The zero-order valence-corrected chi connectivity index (χ0v) is 16.6. The smallest absolute Gasteiger partial charge is 0.280 e. The number of rotatable bonds is 7. The average molecular weight is 372 g/mol. The van der Waals surface area contributed by atoms with Gasteiger partial charge in [-0.2, -0.15) is 4.99 Å². The first kappa shape index (κ1) is 20.5. The maximum Gasteiger partial charge on any atom is 0.280 e. The fraction of sp³-hybridized carbons (Fsp3) is 0.400. The molecule has 0 radical (unpaired) electrons. The lowest BCUT2D eigenvalue weighted by atomic mass is 9.98. The average Bonchev–Trinajstić information content (AvgIpc) is 2.63. The second-order valence-electron chi connectivity index (χ2n) is 6.24. The summed E-state index contributed by atoms with van der Waals surface area (Å²) in [5.74, 6) is 0.535. The van der Waals surface area contributed by atoms with Crippen molar-refractivity contribution in [3.8, 4) is 11.5 Å². The number of carbonyl (C=O) groups is 1. The molecule has 0 aliphatic carbocycles. The molecule has 0 saturated heterocycles. The Hall–Kier alpha value is -2.80. The van der Waals surface area contributed by atoms with Gasteiger partial charge in [0.25, 0.3) is 5.91 Å². The molecule has 0 saturated carbocycles. The molecule has 1 amide bonds. The first-order valence-electron chi connectivity index (χ1n) is 8.98. The highest BCUT2D eigenvalue weighted by molar-refractivity contribution is 6.07. The van der Waals surface area contributed by atoms with Crippen LogP contribution in [0.25, 0.3) is 10.8 Å². The van der Waals surface area contributed by atoms with E-state index in [1.807, 2.05) is 32.0 Å². The molecule has 0 spiro atoms. The molecule has 0 aliphatic rings. The van der Waals surface area contributed by atoms with Gasteiger partial charge >= 0.3 is 0 Å². The van der Waals surface area contributed by atoms with E-state index in [1.54, 1.807) is 13.2 Å². The maximum atomic E-state index is 12.5. The predicted octanol–water partition coefficient (Wildman–Crippen LogP) is 2.64. The molecule has 1 atom stereocenters. The zero-order valence-electron chi connectivity index (χ0n) is 16.6. The van der Waals surface area contributed by atoms with Crippen molar-refractivity contribution in [2.24, 2.45) is 16.5 Å². The molecule has 0 bridgehead atoms. The summed E-state index contributed by atoms with van der Waals surface area (Å²) in [5.41, 5.74) is 11.9. The molecule has 7 nitrogen and oxygen atoms in total. The van der Waals surface area contributed by atoms with E-state index in [9.17, 15) is 4.79 Å². The first-order valence-corrected chi connectivity index (χ1v) is 8.98. The van der Waals surface area contributed by atoms with E-state index in [0.29, 0.717) is 17.1 Å². The van der Waals surface area contributed by atoms with Gasteiger partial charge in [-0.15, -0.1) is 0 Å². The van der Waals surface area contributed by atoms with E-state index >= 15 is 0 Å². The maximum absolute atomic E-state index is 12.5. The van der Waals surface area contributed by atoms with Crippen molar-refractivity contribution in [1.82, 2.24) is 4.90 Å². The molecule has 2 aromatic rings. The number of guanidine groups is 1. The topological polar surface area (TPSA) is 103 Å². The lowest BCUT2D eigenvalue weighted by molar-refractivity contribution is 0.0492. The van der Waals surface area contributed by atoms with Crippen LogP contribution in [0.5, 0.6) is 11.5 Å². The fourth-order valence-electron chi connectivity index (χ4n) is 3.14. The Morgan fingerprint density at radius 2 is 1.85 bits per heavy atom. The summed E-state index contributed by atoms with van der Waals surface area (Å²) in [7, 11) is 1.61. The van der Waals surface area contributed by atoms with E-state index in [0.717, 1.165) is 29.4 Å². The van der Waals surface area contributed by atoms with Gasteiger partial charge in [-0.25, -0.2) is 0 Å². The van der Waals surface area contributed by atoms with Gasteiger partial charge in [0.2, 0.25) is 0 Å². The molecule has 4 N–H and O–H groups in total. The van der Waals surface area contributed by atoms with Crippen molar-refractivity contribution in [3.63, 3.8) is 0 Å². The molecule has 0 fully saturated rings. The second-order valence-corrected chi connectivity index (χ2v) is 6.24. The van der Waals surface area contributed by atoms with E-state index in [-0.39, 0.29) is 12.2 Å². The van der Waals surface area contributed by atoms with Gasteiger partial charge in [0.15, 0.2) is 5.96 Å². The van der Waals surface area contributed by atoms with Crippen molar-refractivity contribution in [2.45, 2.75) is 33.9 Å². The standard InChI is InChI=1S/C20H28N4O3/c1-6-24(7-2)13(4)27-18-11-16(19(25)23-20(21)22)12(3)15-9-8-14(26-5)10-17(15)18/h8-11,13H,6-7H2,1-5H3,(H4,21,22,23,25). The van der Waals surface area contributed by atoms with Crippen LogP contribution in [-0.2, 0) is 0 Å². The third-order valence-electron chi connectivity index (χ3n) is 4.66. The van der Waals surface area contributed by atoms with Gasteiger partial charge in [0.05, 0.1) is 7.11 Å². The fourth-order valence-corrected chi connectivity index (χ4v) is 3.14. The molecule has 7 heteroatoms. The predicted molar refractivity (Wildman–Crippen MR) is 108 cm³/mol. The summed E-state index contributed by atoms with van der Waals surface area (Å²) in [6.45, 7) is 9.70. The summed E-state index contributed by atoms with van der Waals surface area (Å²) in [6.07, 6.45) is -0.164. The first-order chi connectivity index (χ1) is 12.8. The van der Waals surface area contributed by atoms with Crippen molar-refractivity contribution < 1.29 is 14.3 Å². The molecule has 0 aromatic heterocycles. The third-order valence-corrected chi connectivity index (χ3v) is 4.66. The molecule has 27 heavy (non-hydrogen) atoms. The number of fused-ring (bicyclic) bond motifs is 1. The lowest BCUT2D eigenvalue weighted by Crippen LogP contribution is -2.36. The van der Waals surface area contributed by atoms with Crippen LogP contribution in [0.3, 0.4) is 0 Å². The lowest BCUT2D eigenvalue weighted by Gasteiger charge is -2.28. The van der Waals surface area contributed by atoms with Gasteiger partial charge < -0.3 is 20.9 Å². The number of ether oxygens (including phenoxy) is 2. The normalized spacial score (nSPS) is 12.1. The Morgan fingerprint density at radius 3 is 2.41 bits per heavy atom. The van der Waals surface area contributed by atoms with Crippen LogP contribution in [0.4, 0.5) is 0 Å². The van der Waals surface area contributed by atoms with Gasteiger partial charge in [0.1, 0.15) is 17.7 Å². The van der Waals surface area contributed by atoms with Gasteiger partial charge in [0, 0.05) is 10.9 Å². The Balaban J connectivity index is 2.65. The number of hydrogen-bond acceptors (Lipinski definition) is 4. The second kappa shape index (κ2) is 8.73. The summed E-state index contributed by atoms with van der Waals surface area (Å²) < 4.78 is 11.6. The van der Waals surface area contributed by atoms with Crippen LogP contribution in [0.2, 0.25) is 0 Å². The van der Waals surface area contributed by atoms with Crippen LogP contribution < -0.4 is 20.9 Å². The number of aryl methyl sites for hydroxylation is 1. The minimum absolute atomic E-state index is 0.164. The van der Waals surface area contributed by atoms with Crippen LogP contribution in [-0.4, -0.2) is 43.2 Å². The van der Waals surface area contributed by atoms with Gasteiger partial charge in [-0.05, 0) is 56.1 Å². The van der Waals surface area contributed by atoms with Crippen molar-refractivity contribution >= 4 is 22.6 Å². The molecule has 2 rings (SSSR count). The van der Waals surface area contributed by atoms with E-state index in [2.05, 4.69) is 23.7 Å². The minimum atomic E-state index is -0.495.